The van der Waals surface area contributed by atoms with Crippen LogP contribution in [0.1, 0.15) is 78.5 Å². The Labute approximate surface area is 137 Å². The molecule has 1 amide bonds. The zero-order valence-electron chi connectivity index (χ0n) is 14.1. The fourth-order valence-electron chi connectivity index (χ4n) is 3.08. The number of aryl methyl sites for hydroxylation is 1. The number of rotatable bonds is 4. The Kier molecular flexibility index (Phi) is 4.51. The van der Waals surface area contributed by atoms with Gasteiger partial charge in [-0.05, 0) is 43.2 Å². The van der Waals surface area contributed by atoms with E-state index in [0.29, 0.717) is 11.6 Å². The molecule has 4 nitrogen and oxygen atoms in total. The number of aromatic nitrogens is 1. The minimum Gasteiger partial charge on any atom is -0.360 e. The van der Waals surface area contributed by atoms with Crippen molar-refractivity contribution in [3.8, 4) is 0 Å². The standard InChI is InChI=1S/C19H24N2O2/c1-12(2)14-8-10-15(11-9-14)13(3)20-19(22)18-16-6-4-5-7-17(16)23-21-18/h8-13H,4-7H2,1-3H3,(H,20,22)/t13-/m1/s1. The number of nitrogens with zero attached hydrogens (tertiary/aromatic N) is 1. The first kappa shape index (κ1) is 15.8. The lowest BCUT2D eigenvalue weighted by atomic mass is 9.96. The Bertz CT molecular complexity index is 686. The van der Waals surface area contributed by atoms with Crippen LogP contribution >= 0.6 is 0 Å². The molecule has 1 aliphatic rings. The van der Waals surface area contributed by atoms with Crippen LogP contribution in [-0.4, -0.2) is 11.1 Å². The number of benzene rings is 1. The highest BCUT2D eigenvalue weighted by Crippen LogP contribution is 2.25. The molecule has 1 aromatic carbocycles. The van der Waals surface area contributed by atoms with E-state index in [4.69, 9.17) is 4.52 Å². The summed E-state index contributed by atoms with van der Waals surface area (Å²) in [6.07, 6.45) is 3.99. The molecule has 1 aliphatic carbocycles. The summed E-state index contributed by atoms with van der Waals surface area (Å²) in [6, 6.07) is 8.36. The highest BCUT2D eigenvalue weighted by Gasteiger charge is 2.24. The molecule has 23 heavy (non-hydrogen) atoms. The molecule has 4 heteroatoms. The number of fused-ring (bicyclic) bond motifs is 1. The molecule has 0 radical (unpaired) electrons. The summed E-state index contributed by atoms with van der Waals surface area (Å²) in [5, 5.41) is 7.03. The van der Waals surface area contributed by atoms with Gasteiger partial charge in [-0.25, -0.2) is 0 Å². The van der Waals surface area contributed by atoms with E-state index in [9.17, 15) is 4.79 Å². The number of carbonyl (C=O) groups is 1. The average molecular weight is 312 g/mol. The second-order valence-electron chi connectivity index (χ2n) is 6.66. The minimum atomic E-state index is -0.141. The van der Waals surface area contributed by atoms with Crippen LogP contribution in [-0.2, 0) is 12.8 Å². The first-order chi connectivity index (χ1) is 11.1. The normalized spacial score (nSPS) is 15.3. The van der Waals surface area contributed by atoms with Gasteiger partial charge in [-0.3, -0.25) is 4.79 Å². The molecule has 3 rings (SSSR count). The highest BCUT2D eigenvalue weighted by atomic mass is 16.5. The monoisotopic (exact) mass is 312 g/mol. The second-order valence-corrected chi connectivity index (χ2v) is 6.66. The fourth-order valence-corrected chi connectivity index (χ4v) is 3.08. The second kappa shape index (κ2) is 6.57. The molecule has 1 heterocycles. The zero-order valence-corrected chi connectivity index (χ0v) is 14.1. The molecule has 0 saturated carbocycles. The van der Waals surface area contributed by atoms with Gasteiger partial charge in [-0.15, -0.1) is 0 Å². The number of nitrogens with one attached hydrogen (secondary N) is 1. The molecule has 1 N–H and O–H groups in total. The SMILES string of the molecule is CC(C)c1ccc([C@@H](C)NC(=O)c2noc3c2CCCC3)cc1. The third kappa shape index (κ3) is 3.31. The van der Waals surface area contributed by atoms with E-state index >= 15 is 0 Å². The van der Waals surface area contributed by atoms with Gasteiger partial charge in [0.2, 0.25) is 0 Å². The van der Waals surface area contributed by atoms with E-state index in [0.717, 1.165) is 42.6 Å². The van der Waals surface area contributed by atoms with Crippen LogP contribution in [0.2, 0.25) is 0 Å². The maximum atomic E-state index is 12.5. The first-order valence-corrected chi connectivity index (χ1v) is 8.44. The van der Waals surface area contributed by atoms with E-state index in [2.05, 4.69) is 48.6 Å². The summed E-state index contributed by atoms with van der Waals surface area (Å²) in [4.78, 5) is 12.5. The molecular weight excluding hydrogens is 288 g/mol. The summed E-state index contributed by atoms with van der Waals surface area (Å²) < 4.78 is 5.33. The molecule has 0 spiro atoms. The van der Waals surface area contributed by atoms with Gasteiger partial charge in [-0.1, -0.05) is 43.3 Å². The number of hydrogen-bond acceptors (Lipinski definition) is 3. The smallest absolute Gasteiger partial charge is 0.274 e. The summed E-state index contributed by atoms with van der Waals surface area (Å²) in [6.45, 7) is 6.34. The van der Waals surface area contributed by atoms with Crippen molar-refractivity contribution < 1.29 is 9.32 Å². The van der Waals surface area contributed by atoms with Crippen molar-refractivity contribution in [1.82, 2.24) is 10.5 Å². The molecular formula is C19H24N2O2. The van der Waals surface area contributed by atoms with Gasteiger partial charge >= 0.3 is 0 Å². The van der Waals surface area contributed by atoms with Crippen molar-refractivity contribution in [1.29, 1.82) is 0 Å². The molecule has 0 fully saturated rings. The average Bonchev–Trinajstić information content (AvgIpc) is 2.99. The maximum absolute atomic E-state index is 12.5. The van der Waals surface area contributed by atoms with Gasteiger partial charge in [0.1, 0.15) is 5.76 Å². The minimum absolute atomic E-state index is 0.0559. The van der Waals surface area contributed by atoms with Crippen molar-refractivity contribution in [2.75, 3.05) is 0 Å². The van der Waals surface area contributed by atoms with Crippen LogP contribution in [0.25, 0.3) is 0 Å². The summed E-state index contributed by atoms with van der Waals surface area (Å²) in [5.74, 6) is 1.25. The molecule has 0 saturated heterocycles. The van der Waals surface area contributed by atoms with Crippen LogP contribution in [0.3, 0.4) is 0 Å². The predicted molar refractivity (Wildman–Crippen MR) is 89.6 cm³/mol. The van der Waals surface area contributed by atoms with Crippen molar-refractivity contribution in [3.63, 3.8) is 0 Å². The lowest BCUT2D eigenvalue weighted by molar-refractivity contribution is 0.0930. The predicted octanol–water partition coefficient (Wildman–Crippen LogP) is 4.17. The summed E-state index contributed by atoms with van der Waals surface area (Å²) in [5.41, 5.74) is 3.86. The Morgan fingerprint density at radius 2 is 1.74 bits per heavy atom. The molecule has 2 aromatic rings. The van der Waals surface area contributed by atoms with Gasteiger partial charge in [0.15, 0.2) is 5.69 Å². The van der Waals surface area contributed by atoms with Crippen molar-refractivity contribution >= 4 is 5.91 Å². The molecule has 1 aromatic heterocycles. The topological polar surface area (TPSA) is 55.1 Å². The van der Waals surface area contributed by atoms with Crippen LogP contribution in [0.5, 0.6) is 0 Å². The van der Waals surface area contributed by atoms with E-state index in [1.807, 2.05) is 6.92 Å². The summed E-state index contributed by atoms with van der Waals surface area (Å²) in [7, 11) is 0. The third-order valence-electron chi connectivity index (χ3n) is 4.62. The van der Waals surface area contributed by atoms with Gasteiger partial charge in [-0.2, -0.15) is 0 Å². The number of carbonyl (C=O) groups excluding carboxylic acids is 1. The Balaban J connectivity index is 1.71. The van der Waals surface area contributed by atoms with Crippen LogP contribution < -0.4 is 5.32 Å². The molecule has 0 aliphatic heterocycles. The lowest BCUT2D eigenvalue weighted by Gasteiger charge is -2.15. The Hall–Kier alpha value is -2.10. The van der Waals surface area contributed by atoms with Crippen LogP contribution in [0.15, 0.2) is 28.8 Å². The summed E-state index contributed by atoms with van der Waals surface area (Å²) >= 11 is 0. The number of amides is 1. The van der Waals surface area contributed by atoms with Crippen LogP contribution in [0, 0.1) is 0 Å². The third-order valence-corrected chi connectivity index (χ3v) is 4.62. The van der Waals surface area contributed by atoms with Crippen molar-refractivity contribution in [2.45, 2.75) is 58.4 Å². The largest absolute Gasteiger partial charge is 0.360 e. The van der Waals surface area contributed by atoms with E-state index in [1.165, 1.54) is 5.56 Å². The van der Waals surface area contributed by atoms with Crippen LogP contribution in [0.4, 0.5) is 0 Å². The zero-order chi connectivity index (χ0) is 16.4. The number of hydrogen-bond donors (Lipinski definition) is 1. The van der Waals surface area contributed by atoms with E-state index < -0.39 is 0 Å². The van der Waals surface area contributed by atoms with Crippen molar-refractivity contribution in [3.05, 3.63) is 52.4 Å². The van der Waals surface area contributed by atoms with E-state index in [-0.39, 0.29) is 11.9 Å². The van der Waals surface area contributed by atoms with Gasteiger partial charge < -0.3 is 9.84 Å². The lowest BCUT2D eigenvalue weighted by Crippen LogP contribution is -2.28. The molecule has 0 unspecified atom stereocenters. The Morgan fingerprint density at radius 3 is 2.43 bits per heavy atom. The fraction of sp³-hybridized carbons (Fsp3) is 0.474. The highest BCUT2D eigenvalue weighted by molar-refractivity contribution is 5.94. The van der Waals surface area contributed by atoms with Crippen molar-refractivity contribution in [2.24, 2.45) is 0 Å². The maximum Gasteiger partial charge on any atom is 0.274 e. The quantitative estimate of drug-likeness (QED) is 0.922. The van der Waals surface area contributed by atoms with Gasteiger partial charge in [0.25, 0.3) is 5.91 Å². The van der Waals surface area contributed by atoms with Gasteiger partial charge in [0.05, 0.1) is 6.04 Å². The Morgan fingerprint density at radius 1 is 1.09 bits per heavy atom. The molecule has 1 atom stereocenters. The molecule has 0 bridgehead atoms. The van der Waals surface area contributed by atoms with E-state index in [1.54, 1.807) is 0 Å². The van der Waals surface area contributed by atoms with Gasteiger partial charge in [0, 0.05) is 12.0 Å². The molecule has 122 valence electrons. The first-order valence-electron chi connectivity index (χ1n) is 8.44.